The summed E-state index contributed by atoms with van der Waals surface area (Å²) in [6.07, 6.45) is 0. The van der Waals surface area contributed by atoms with Crippen LogP contribution in [0, 0.1) is 27.7 Å². The summed E-state index contributed by atoms with van der Waals surface area (Å²) in [5, 5.41) is 0.948. The van der Waals surface area contributed by atoms with E-state index in [4.69, 9.17) is 8.83 Å². The van der Waals surface area contributed by atoms with Gasteiger partial charge in [-0.15, -0.1) is 0 Å². The van der Waals surface area contributed by atoms with E-state index >= 15 is 0 Å². The average molecular weight is 268 g/mol. The molecule has 0 bridgehead atoms. The van der Waals surface area contributed by atoms with Crippen molar-refractivity contribution < 1.29 is 13.6 Å². The fraction of sp³-hybridized carbons (Fsp3) is 0.235. The molecule has 0 saturated carbocycles. The average Bonchev–Trinajstić information content (AvgIpc) is 2.91. The lowest BCUT2D eigenvalue weighted by Crippen LogP contribution is -2.02. The van der Waals surface area contributed by atoms with Crippen molar-refractivity contribution in [1.82, 2.24) is 0 Å². The summed E-state index contributed by atoms with van der Waals surface area (Å²) in [7, 11) is 0. The first kappa shape index (κ1) is 12.7. The zero-order valence-corrected chi connectivity index (χ0v) is 12.0. The molecule has 20 heavy (non-hydrogen) atoms. The van der Waals surface area contributed by atoms with Gasteiger partial charge < -0.3 is 8.83 Å². The van der Waals surface area contributed by atoms with Crippen LogP contribution in [0.4, 0.5) is 0 Å². The highest BCUT2D eigenvalue weighted by atomic mass is 16.4. The smallest absolute Gasteiger partial charge is 0.232 e. The van der Waals surface area contributed by atoms with Crippen LogP contribution < -0.4 is 0 Å². The molecule has 0 N–H and O–H groups in total. The van der Waals surface area contributed by atoms with Crippen LogP contribution in [0.5, 0.6) is 0 Å². The van der Waals surface area contributed by atoms with Crippen LogP contribution in [0.1, 0.15) is 38.8 Å². The first-order valence-corrected chi connectivity index (χ1v) is 6.59. The topological polar surface area (TPSA) is 43.4 Å². The molecule has 0 aliphatic rings. The molecule has 0 radical (unpaired) electrons. The highest BCUT2D eigenvalue weighted by Gasteiger charge is 2.22. The Morgan fingerprint density at radius 2 is 1.70 bits per heavy atom. The first-order chi connectivity index (χ1) is 9.47. The van der Waals surface area contributed by atoms with Gasteiger partial charge in [-0.2, -0.15) is 0 Å². The number of ketones is 1. The minimum atomic E-state index is -0.120. The third-order valence-corrected chi connectivity index (χ3v) is 3.68. The summed E-state index contributed by atoms with van der Waals surface area (Å²) < 4.78 is 11.2. The molecule has 102 valence electrons. The van der Waals surface area contributed by atoms with Gasteiger partial charge in [-0.25, -0.2) is 0 Å². The van der Waals surface area contributed by atoms with Crippen molar-refractivity contribution in [3.05, 3.63) is 58.2 Å². The molecule has 0 saturated heterocycles. The number of hydrogen-bond acceptors (Lipinski definition) is 3. The summed E-state index contributed by atoms with van der Waals surface area (Å²) in [6, 6.07) is 7.67. The molecular formula is C17H16O3. The summed E-state index contributed by atoms with van der Waals surface area (Å²) in [4.78, 5) is 12.6. The number of benzene rings is 1. The van der Waals surface area contributed by atoms with Gasteiger partial charge in [-0.1, -0.05) is 11.6 Å². The molecule has 1 aromatic carbocycles. The Balaban J connectivity index is 2.12. The minimum Gasteiger partial charge on any atom is -0.466 e. The van der Waals surface area contributed by atoms with E-state index in [0.717, 1.165) is 27.9 Å². The van der Waals surface area contributed by atoms with E-state index in [0.29, 0.717) is 17.1 Å². The maximum atomic E-state index is 12.6. The first-order valence-electron chi connectivity index (χ1n) is 6.59. The number of fused-ring (bicyclic) bond motifs is 1. The van der Waals surface area contributed by atoms with Crippen molar-refractivity contribution >= 4 is 16.8 Å². The van der Waals surface area contributed by atoms with Crippen LogP contribution >= 0.6 is 0 Å². The van der Waals surface area contributed by atoms with Gasteiger partial charge in [0.2, 0.25) is 5.78 Å². The number of hydrogen-bond donors (Lipinski definition) is 0. The summed E-state index contributed by atoms with van der Waals surface area (Å²) in [5.41, 5.74) is 3.36. The summed E-state index contributed by atoms with van der Waals surface area (Å²) in [5.74, 6) is 1.66. The summed E-state index contributed by atoms with van der Waals surface area (Å²) >= 11 is 0. The van der Waals surface area contributed by atoms with E-state index in [1.165, 1.54) is 0 Å². The van der Waals surface area contributed by atoms with Gasteiger partial charge in [0.05, 0.1) is 5.56 Å². The molecule has 3 heteroatoms. The number of rotatable bonds is 2. The van der Waals surface area contributed by atoms with E-state index in [9.17, 15) is 4.79 Å². The number of aryl methyl sites for hydroxylation is 3. The zero-order chi connectivity index (χ0) is 14.4. The van der Waals surface area contributed by atoms with Gasteiger partial charge in [0.1, 0.15) is 17.1 Å². The van der Waals surface area contributed by atoms with Crippen LogP contribution in [-0.4, -0.2) is 5.78 Å². The third kappa shape index (κ3) is 1.86. The van der Waals surface area contributed by atoms with Crippen LogP contribution in [0.15, 0.2) is 33.1 Å². The molecule has 3 aromatic rings. The lowest BCUT2D eigenvalue weighted by molar-refractivity contribution is 0.101. The van der Waals surface area contributed by atoms with E-state index < -0.39 is 0 Å². The van der Waals surface area contributed by atoms with Crippen molar-refractivity contribution in [2.24, 2.45) is 0 Å². The number of carbonyl (C=O) groups excluding carboxylic acids is 1. The third-order valence-electron chi connectivity index (χ3n) is 3.68. The fourth-order valence-corrected chi connectivity index (χ4v) is 2.53. The highest BCUT2D eigenvalue weighted by molar-refractivity contribution is 6.10. The van der Waals surface area contributed by atoms with Gasteiger partial charge in [0, 0.05) is 10.9 Å². The Bertz CT molecular complexity index is 818. The van der Waals surface area contributed by atoms with Crippen molar-refractivity contribution in [2.75, 3.05) is 0 Å². The maximum absolute atomic E-state index is 12.6. The lowest BCUT2D eigenvalue weighted by atomic mass is 10.0. The molecule has 0 amide bonds. The second-order valence-corrected chi connectivity index (χ2v) is 5.20. The molecular weight excluding hydrogens is 252 g/mol. The Hall–Kier alpha value is -2.29. The number of furan rings is 2. The monoisotopic (exact) mass is 268 g/mol. The zero-order valence-electron chi connectivity index (χ0n) is 12.0. The number of carbonyl (C=O) groups is 1. The second-order valence-electron chi connectivity index (χ2n) is 5.20. The predicted molar refractivity (Wildman–Crippen MR) is 77.3 cm³/mol. The Morgan fingerprint density at radius 3 is 2.35 bits per heavy atom. The van der Waals surface area contributed by atoms with Gasteiger partial charge >= 0.3 is 0 Å². The molecule has 0 spiro atoms. The Labute approximate surface area is 117 Å². The van der Waals surface area contributed by atoms with Crippen molar-refractivity contribution in [3.8, 4) is 0 Å². The van der Waals surface area contributed by atoms with E-state index in [2.05, 4.69) is 0 Å². The van der Waals surface area contributed by atoms with E-state index in [1.807, 2.05) is 39.0 Å². The summed E-state index contributed by atoms with van der Waals surface area (Å²) in [6.45, 7) is 7.58. The van der Waals surface area contributed by atoms with Gasteiger partial charge in [-0.3, -0.25) is 4.79 Å². The van der Waals surface area contributed by atoms with Crippen molar-refractivity contribution in [3.63, 3.8) is 0 Å². The quantitative estimate of drug-likeness (QED) is 0.643. The predicted octanol–water partition coefficient (Wildman–Crippen LogP) is 4.49. The molecule has 3 rings (SSSR count). The lowest BCUT2D eigenvalue weighted by Gasteiger charge is -1.96. The van der Waals surface area contributed by atoms with E-state index in [1.54, 1.807) is 13.0 Å². The van der Waals surface area contributed by atoms with Crippen LogP contribution in [-0.2, 0) is 0 Å². The fourth-order valence-electron chi connectivity index (χ4n) is 2.53. The molecule has 0 unspecified atom stereocenters. The molecule has 0 atom stereocenters. The second kappa shape index (κ2) is 4.37. The van der Waals surface area contributed by atoms with E-state index in [-0.39, 0.29) is 5.78 Å². The van der Waals surface area contributed by atoms with Gasteiger partial charge in [0.25, 0.3) is 0 Å². The highest BCUT2D eigenvalue weighted by Crippen LogP contribution is 2.27. The maximum Gasteiger partial charge on any atom is 0.232 e. The van der Waals surface area contributed by atoms with Crippen LogP contribution in [0.3, 0.4) is 0 Å². The normalized spacial score (nSPS) is 11.2. The van der Waals surface area contributed by atoms with Crippen molar-refractivity contribution in [1.29, 1.82) is 0 Å². The van der Waals surface area contributed by atoms with Gasteiger partial charge in [0.15, 0.2) is 5.76 Å². The van der Waals surface area contributed by atoms with Crippen LogP contribution in [0.2, 0.25) is 0 Å². The van der Waals surface area contributed by atoms with Crippen LogP contribution in [0.25, 0.3) is 11.0 Å². The molecule has 0 aliphatic carbocycles. The molecule has 0 aliphatic heterocycles. The molecule has 2 aromatic heterocycles. The van der Waals surface area contributed by atoms with Gasteiger partial charge in [-0.05, 0) is 45.9 Å². The SMILES string of the molecule is Cc1ccc2oc(C(=O)c3c(C)oc(C)c3C)cc2c1. The Kier molecular flexibility index (Phi) is 2.78. The Morgan fingerprint density at radius 1 is 0.950 bits per heavy atom. The van der Waals surface area contributed by atoms with Crippen molar-refractivity contribution in [2.45, 2.75) is 27.7 Å². The molecule has 2 heterocycles. The molecule has 0 fully saturated rings. The molecule has 3 nitrogen and oxygen atoms in total. The minimum absolute atomic E-state index is 0.120. The standard InChI is InChI=1S/C17H16O3/c1-9-5-6-14-13(7-9)8-15(20-14)17(18)16-10(2)11(3)19-12(16)4/h5-8H,1-4H3. The largest absolute Gasteiger partial charge is 0.466 e.